The topological polar surface area (TPSA) is 90.9 Å². The molecule has 5 heteroatoms. The van der Waals surface area contributed by atoms with Crippen molar-refractivity contribution < 1.29 is 10.2 Å². The molecule has 0 saturated heterocycles. The summed E-state index contributed by atoms with van der Waals surface area (Å²) >= 11 is 0. The highest BCUT2D eigenvalue weighted by Gasteiger charge is 2.10. The Bertz CT molecular complexity index is 1150. The van der Waals surface area contributed by atoms with Gasteiger partial charge in [-0.2, -0.15) is 0 Å². The number of phenols is 2. The van der Waals surface area contributed by atoms with Crippen LogP contribution < -0.4 is 11.1 Å². The summed E-state index contributed by atoms with van der Waals surface area (Å²) in [6.07, 6.45) is 0. The molecule has 4 rings (SSSR count). The van der Waals surface area contributed by atoms with Crippen molar-refractivity contribution in [3.63, 3.8) is 0 Å². The molecule has 0 atom stereocenters. The van der Waals surface area contributed by atoms with Crippen LogP contribution in [0.2, 0.25) is 0 Å². The fraction of sp³-hybridized carbons (Fsp3) is 0. The third-order valence-corrected chi connectivity index (χ3v) is 4.27. The highest BCUT2D eigenvalue weighted by atomic mass is 16.3. The number of rotatable bonds is 2. The highest BCUT2D eigenvalue weighted by Crippen LogP contribution is 2.36. The van der Waals surface area contributed by atoms with Crippen molar-refractivity contribution in [1.82, 2.24) is 0 Å². The van der Waals surface area contributed by atoms with E-state index in [1.165, 1.54) is 0 Å². The number of nitrogens with one attached hydrogen (secondary N) is 1. The first-order valence-electron chi connectivity index (χ1n) is 8.16. The molecule has 0 bridgehead atoms. The van der Waals surface area contributed by atoms with E-state index < -0.39 is 0 Å². The van der Waals surface area contributed by atoms with Crippen molar-refractivity contribution in [2.24, 2.45) is 10.7 Å². The number of phenolic OH excluding ortho intramolecular Hbond substituents is 2. The summed E-state index contributed by atoms with van der Waals surface area (Å²) in [6.45, 7) is 0. The van der Waals surface area contributed by atoms with Crippen LogP contribution in [0, 0.1) is 0 Å². The molecule has 5 N–H and O–H groups in total. The van der Waals surface area contributed by atoms with Gasteiger partial charge in [0.15, 0.2) is 5.96 Å². The van der Waals surface area contributed by atoms with Gasteiger partial charge in [0.2, 0.25) is 0 Å². The van der Waals surface area contributed by atoms with E-state index in [9.17, 15) is 10.2 Å². The van der Waals surface area contributed by atoms with Crippen molar-refractivity contribution in [2.45, 2.75) is 0 Å². The van der Waals surface area contributed by atoms with Gasteiger partial charge in [0.25, 0.3) is 0 Å². The van der Waals surface area contributed by atoms with Crippen LogP contribution in [0.5, 0.6) is 11.5 Å². The van der Waals surface area contributed by atoms with Crippen LogP contribution in [-0.4, -0.2) is 16.2 Å². The fourth-order valence-corrected chi connectivity index (χ4v) is 3.03. The Hall–Kier alpha value is -3.73. The average Bonchev–Trinajstić information content (AvgIpc) is 2.66. The molecule has 26 heavy (non-hydrogen) atoms. The predicted octanol–water partition coefficient (Wildman–Crippen LogP) is 4.46. The Balaban J connectivity index is 1.80. The Morgan fingerprint density at radius 1 is 0.731 bits per heavy atom. The van der Waals surface area contributed by atoms with Crippen LogP contribution in [0.4, 0.5) is 11.4 Å². The van der Waals surface area contributed by atoms with E-state index in [1.807, 2.05) is 60.7 Å². The maximum atomic E-state index is 10.2. The van der Waals surface area contributed by atoms with E-state index in [0.29, 0.717) is 11.4 Å². The van der Waals surface area contributed by atoms with Gasteiger partial charge in [-0.3, -0.25) is 0 Å². The van der Waals surface area contributed by atoms with E-state index in [-0.39, 0.29) is 17.5 Å². The second-order valence-corrected chi connectivity index (χ2v) is 5.96. The lowest BCUT2D eigenvalue weighted by Crippen LogP contribution is -2.22. The van der Waals surface area contributed by atoms with E-state index in [1.54, 1.807) is 12.1 Å². The number of anilines is 1. The summed E-state index contributed by atoms with van der Waals surface area (Å²) in [5.74, 6) is 0.183. The maximum Gasteiger partial charge on any atom is 0.198 e. The summed E-state index contributed by atoms with van der Waals surface area (Å²) < 4.78 is 0. The molecule has 4 aromatic rings. The highest BCUT2D eigenvalue weighted by molar-refractivity contribution is 6.07. The normalized spacial score (nSPS) is 11.8. The van der Waals surface area contributed by atoms with Crippen LogP contribution in [0.1, 0.15) is 0 Å². The molecule has 0 aliphatic rings. The molecule has 0 saturated carbocycles. The molecule has 4 aromatic carbocycles. The standard InChI is InChI=1S/C21H17N3O2/c22-21(23-19-15-7-3-1-5-13(15)9-11-17(19)25)24-20-16-8-4-2-6-14(16)10-12-18(20)26/h1-12,25-26H,(H3,22,23,24). The second-order valence-electron chi connectivity index (χ2n) is 5.96. The van der Waals surface area contributed by atoms with Gasteiger partial charge in [-0.05, 0) is 22.9 Å². The molecule has 0 radical (unpaired) electrons. The first kappa shape index (κ1) is 15.8. The minimum Gasteiger partial charge on any atom is -0.506 e. The Labute approximate surface area is 150 Å². The fourth-order valence-electron chi connectivity index (χ4n) is 3.03. The van der Waals surface area contributed by atoms with Crippen LogP contribution >= 0.6 is 0 Å². The quantitative estimate of drug-likeness (QED) is 0.246. The van der Waals surface area contributed by atoms with Gasteiger partial charge < -0.3 is 21.3 Å². The molecule has 0 unspecified atom stereocenters. The van der Waals surface area contributed by atoms with Gasteiger partial charge in [-0.1, -0.05) is 60.7 Å². The van der Waals surface area contributed by atoms with E-state index in [0.717, 1.165) is 21.5 Å². The minimum atomic E-state index is 0.0376. The molecule has 128 valence electrons. The summed E-state index contributed by atoms with van der Waals surface area (Å²) in [7, 11) is 0. The summed E-state index contributed by atoms with van der Waals surface area (Å²) in [4.78, 5) is 4.35. The first-order valence-corrected chi connectivity index (χ1v) is 8.16. The smallest absolute Gasteiger partial charge is 0.198 e. The van der Waals surface area contributed by atoms with E-state index in [2.05, 4.69) is 10.3 Å². The molecular formula is C21H17N3O2. The number of aliphatic imine (C=N–C) groups is 1. The SMILES string of the molecule is NC(=Nc1c(O)ccc2ccccc12)Nc1c(O)ccc2ccccc12. The second kappa shape index (κ2) is 6.29. The van der Waals surface area contributed by atoms with E-state index in [4.69, 9.17) is 5.73 Å². The number of nitrogens with two attached hydrogens (primary N) is 1. The largest absolute Gasteiger partial charge is 0.506 e. The molecule has 0 fully saturated rings. The van der Waals surface area contributed by atoms with Crippen molar-refractivity contribution >= 4 is 38.9 Å². The van der Waals surface area contributed by atoms with Gasteiger partial charge in [0, 0.05) is 10.8 Å². The third kappa shape index (κ3) is 2.75. The van der Waals surface area contributed by atoms with Gasteiger partial charge in [0.05, 0.1) is 5.69 Å². The zero-order valence-corrected chi connectivity index (χ0v) is 13.8. The van der Waals surface area contributed by atoms with E-state index >= 15 is 0 Å². The molecule has 0 heterocycles. The number of benzene rings is 4. The molecule has 5 nitrogen and oxygen atoms in total. The lowest BCUT2D eigenvalue weighted by molar-refractivity contribution is 0.477. The molecule has 0 aliphatic carbocycles. The Kier molecular flexibility index (Phi) is 3.82. The molecule has 0 spiro atoms. The number of hydrogen-bond acceptors (Lipinski definition) is 3. The Morgan fingerprint density at radius 3 is 2.04 bits per heavy atom. The summed E-state index contributed by atoms with van der Waals surface area (Å²) in [6, 6.07) is 22.1. The summed E-state index contributed by atoms with van der Waals surface area (Å²) in [5.41, 5.74) is 6.93. The van der Waals surface area contributed by atoms with Crippen molar-refractivity contribution in [2.75, 3.05) is 5.32 Å². The van der Waals surface area contributed by atoms with Gasteiger partial charge >= 0.3 is 0 Å². The molecular weight excluding hydrogens is 326 g/mol. The van der Waals surface area contributed by atoms with Crippen molar-refractivity contribution in [3.05, 3.63) is 72.8 Å². The zero-order valence-electron chi connectivity index (χ0n) is 13.8. The molecule has 0 aromatic heterocycles. The van der Waals surface area contributed by atoms with Gasteiger partial charge in [-0.15, -0.1) is 0 Å². The minimum absolute atomic E-state index is 0.0376. The van der Waals surface area contributed by atoms with Crippen LogP contribution in [0.25, 0.3) is 21.5 Å². The average molecular weight is 343 g/mol. The lowest BCUT2D eigenvalue weighted by Gasteiger charge is -2.12. The number of hydrogen-bond donors (Lipinski definition) is 4. The molecule has 0 amide bonds. The summed E-state index contributed by atoms with van der Waals surface area (Å²) in [5, 5.41) is 26.9. The van der Waals surface area contributed by atoms with Crippen molar-refractivity contribution in [1.29, 1.82) is 0 Å². The molecule has 0 aliphatic heterocycles. The monoisotopic (exact) mass is 343 g/mol. The van der Waals surface area contributed by atoms with Gasteiger partial charge in [-0.25, -0.2) is 4.99 Å². The van der Waals surface area contributed by atoms with Gasteiger partial charge in [0.1, 0.15) is 17.2 Å². The maximum absolute atomic E-state index is 10.2. The number of fused-ring (bicyclic) bond motifs is 2. The zero-order chi connectivity index (χ0) is 18.1. The van der Waals surface area contributed by atoms with Crippen molar-refractivity contribution in [3.8, 4) is 11.5 Å². The van der Waals surface area contributed by atoms with Crippen LogP contribution in [-0.2, 0) is 0 Å². The first-order chi connectivity index (χ1) is 12.6. The number of aromatic hydroxyl groups is 2. The van der Waals surface area contributed by atoms with Crippen LogP contribution in [0.3, 0.4) is 0 Å². The predicted molar refractivity (Wildman–Crippen MR) is 106 cm³/mol. The van der Waals surface area contributed by atoms with Crippen LogP contribution in [0.15, 0.2) is 77.8 Å². The Morgan fingerprint density at radius 2 is 1.31 bits per heavy atom. The number of guanidine groups is 1. The number of nitrogens with zero attached hydrogens (tertiary/aromatic N) is 1. The lowest BCUT2D eigenvalue weighted by atomic mass is 10.1. The third-order valence-electron chi connectivity index (χ3n) is 4.27.